The zero-order valence-corrected chi connectivity index (χ0v) is 16.5. The van der Waals surface area contributed by atoms with Gasteiger partial charge >= 0.3 is 5.97 Å². The number of piperidine rings is 1. The van der Waals surface area contributed by atoms with E-state index in [0.29, 0.717) is 18.3 Å². The van der Waals surface area contributed by atoms with Gasteiger partial charge in [-0.3, -0.25) is 9.89 Å². The van der Waals surface area contributed by atoms with E-state index >= 15 is 0 Å². The predicted octanol–water partition coefficient (Wildman–Crippen LogP) is 3.03. The molecule has 1 aliphatic rings. The molecule has 1 aliphatic heterocycles. The summed E-state index contributed by atoms with van der Waals surface area (Å²) in [5.41, 5.74) is 2.04. The number of hydrogen-bond donors (Lipinski definition) is 2. The van der Waals surface area contributed by atoms with Gasteiger partial charge < -0.3 is 15.0 Å². The molecule has 2 N–H and O–H groups in total. The molecule has 8 heteroatoms. The first-order valence-corrected chi connectivity index (χ1v) is 9.62. The van der Waals surface area contributed by atoms with E-state index < -0.39 is 0 Å². The minimum Gasteiger partial charge on any atom is -0.469 e. The second kappa shape index (κ2) is 8.30. The van der Waals surface area contributed by atoms with E-state index in [1.54, 1.807) is 6.20 Å². The minimum absolute atomic E-state index is 0.195. The van der Waals surface area contributed by atoms with E-state index in [2.05, 4.69) is 42.5 Å². The molecule has 0 bridgehead atoms. The second-order valence-electron chi connectivity index (χ2n) is 7.26. The van der Waals surface area contributed by atoms with Gasteiger partial charge in [0.25, 0.3) is 0 Å². The molecule has 29 heavy (non-hydrogen) atoms. The third kappa shape index (κ3) is 4.37. The smallest absolute Gasteiger partial charge is 0.310 e. The lowest BCUT2D eigenvalue weighted by Gasteiger charge is -2.37. The van der Waals surface area contributed by atoms with Gasteiger partial charge in [-0.15, -0.1) is 0 Å². The number of nitrogens with one attached hydrogen (secondary N) is 2. The molecule has 0 spiro atoms. The molecule has 3 heterocycles. The molecular formula is C21H24N6O2. The molecule has 0 unspecified atom stereocenters. The summed E-state index contributed by atoms with van der Waals surface area (Å²) in [5, 5.41) is 10.0. The minimum atomic E-state index is -0.230. The number of benzene rings is 1. The van der Waals surface area contributed by atoms with E-state index in [9.17, 15) is 4.79 Å². The number of ether oxygens (including phenoxy) is 1. The maximum absolute atomic E-state index is 12.4. The Labute approximate surface area is 169 Å². The van der Waals surface area contributed by atoms with Crippen LogP contribution in [0.5, 0.6) is 0 Å². The van der Waals surface area contributed by atoms with Crippen molar-refractivity contribution in [3.63, 3.8) is 0 Å². The third-order valence-electron chi connectivity index (χ3n) is 5.14. The first kappa shape index (κ1) is 18.9. The Hall–Kier alpha value is -3.42. The normalized spacial score (nSPS) is 19.0. The van der Waals surface area contributed by atoms with Crippen LogP contribution in [0.4, 0.5) is 17.6 Å². The highest BCUT2D eigenvalue weighted by molar-refractivity contribution is 5.73. The number of hydrogen-bond acceptors (Lipinski definition) is 7. The van der Waals surface area contributed by atoms with Crippen LogP contribution in [0, 0.1) is 12.8 Å². The van der Waals surface area contributed by atoms with Crippen molar-refractivity contribution in [2.45, 2.75) is 19.3 Å². The molecule has 0 amide bonds. The van der Waals surface area contributed by atoms with Gasteiger partial charge in [0.1, 0.15) is 11.6 Å². The average Bonchev–Trinajstić information content (AvgIpc) is 3.26. The average molecular weight is 392 g/mol. The summed E-state index contributed by atoms with van der Waals surface area (Å²) in [6.45, 7) is 3.20. The summed E-state index contributed by atoms with van der Waals surface area (Å²) in [5.74, 6) is 1.80. The highest BCUT2D eigenvalue weighted by Crippen LogP contribution is 2.33. The summed E-state index contributed by atoms with van der Waals surface area (Å²) >= 11 is 0. The van der Waals surface area contributed by atoms with Crippen molar-refractivity contribution < 1.29 is 9.53 Å². The van der Waals surface area contributed by atoms with Crippen molar-refractivity contribution in [2.24, 2.45) is 5.92 Å². The van der Waals surface area contributed by atoms with Gasteiger partial charge in [0.2, 0.25) is 5.95 Å². The lowest BCUT2D eigenvalue weighted by atomic mass is 9.84. The number of methoxy groups -OCH3 is 1. The van der Waals surface area contributed by atoms with Crippen molar-refractivity contribution >= 4 is 23.6 Å². The van der Waals surface area contributed by atoms with Crippen LogP contribution in [-0.4, -0.2) is 46.3 Å². The van der Waals surface area contributed by atoms with Crippen LogP contribution in [0.3, 0.4) is 0 Å². The largest absolute Gasteiger partial charge is 0.469 e. The van der Waals surface area contributed by atoms with Gasteiger partial charge in [-0.2, -0.15) is 10.1 Å². The molecule has 1 saturated heterocycles. The van der Waals surface area contributed by atoms with E-state index in [1.807, 2.05) is 37.3 Å². The number of carbonyl (C=O) groups is 1. The molecule has 150 valence electrons. The topological polar surface area (TPSA) is 96.0 Å². The van der Waals surface area contributed by atoms with E-state index in [4.69, 9.17) is 4.74 Å². The fraction of sp³-hybridized carbons (Fsp3) is 0.333. The van der Waals surface area contributed by atoms with Crippen LogP contribution in [-0.2, 0) is 9.53 Å². The van der Waals surface area contributed by atoms with Crippen LogP contribution in [0.1, 0.15) is 23.6 Å². The van der Waals surface area contributed by atoms with Crippen LogP contribution < -0.4 is 10.2 Å². The van der Waals surface area contributed by atoms with Crippen molar-refractivity contribution in [3.05, 3.63) is 59.9 Å². The highest BCUT2D eigenvalue weighted by Gasteiger charge is 2.34. The molecule has 0 radical (unpaired) electrons. The Bertz CT molecular complexity index is 961. The fourth-order valence-corrected chi connectivity index (χ4v) is 3.79. The Balaban J connectivity index is 1.63. The summed E-state index contributed by atoms with van der Waals surface area (Å²) in [6, 6.07) is 14.0. The second-order valence-corrected chi connectivity index (χ2v) is 7.26. The number of esters is 1. The van der Waals surface area contributed by atoms with E-state index in [1.165, 1.54) is 12.7 Å². The lowest BCUT2D eigenvalue weighted by Crippen LogP contribution is -2.43. The number of nitrogens with zero attached hydrogens (tertiary/aromatic N) is 4. The number of aromatic amines is 1. The first-order valence-electron chi connectivity index (χ1n) is 9.62. The van der Waals surface area contributed by atoms with E-state index in [-0.39, 0.29) is 17.8 Å². The molecule has 0 saturated carbocycles. The number of aromatic nitrogens is 4. The summed E-state index contributed by atoms with van der Waals surface area (Å²) in [7, 11) is 1.44. The quantitative estimate of drug-likeness (QED) is 0.644. The molecular weight excluding hydrogens is 368 g/mol. The first-order chi connectivity index (χ1) is 14.1. The number of aryl methyl sites for hydroxylation is 1. The highest BCUT2D eigenvalue weighted by atomic mass is 16.5. The molecule has 1 fully saturated rings. The standard InChI is InChI=1S/C21H24N6O2/c1-14-10-19(24-18-8-9-22-26-18)25-21(23-14)27-12-16(15-6-4-3-5-7-15)11-17(13-27)20(28)29-2/h3-10,16-17H,11-13H2,1-2H3,(H2,22,23,24,25,26)/t16-,17+/m1/s1. The molecule has 8 nitrogen and oxygen atoms in total. The van der Waals surface area contributed by atoms with Crippen LogP contribution in [0.2, 0.25) is 0 Å². The third-order valence-corrected chi connectivity index (χ3v) is 5.14. The van der Waals surface area contributed by atoms with Crippen LogP contribution >= 0.6 is 0 Å². The van der Waals surface area contributed by atoms with Crippen molar-refractivity contribution in [1.82, 2.24) is 20.2 Å². The van der Waals surface area contributed by atoms with E-state index in [0.717, 1.165) is 24.5 Å². The van der Waals surface area contributed by atoms with Crippen molar-refractivity contribution in [2.75, 3.05) is 30.4 Å². The van der Waals surface area contributed by atoms with Crippen LogP contribution in [0.15, 0.2) is 48.7 Å². The molecule has 2 atom stereocenters. The number of carbonyl (C=O) groups excluding carboxylic acids is 1. The van der Waals surface area contributed by atoms with Gasteiger partial charge in [-0.05, 0) is 18.9 Å². The Morgan fingerprint density at radius 2 is 2.03 bits per heavy atom. The lowest BCUT2D eigenvalue weighted by molar-refractivity contribution is -0.145. The Morgan fingerprint density at radius 3 is 2.76 bits per heavy atom. The molecule has 4 rings (SSSR count). The summed E-state index contributed by atoms with van der Waals surface area (Å²) in [6.07, 6.45) is 2.42. The summed E-state index contributed by atoms with van der Waals surface area (Å²) < 4.78 is 5.05. The molecule has 1 aromatic carbocycles. The molecule has 2 aromatic heterocycles. The SMILES string of the molecule is COC(=O)[C@H]1C[C@@H](c2ccccc2)CN(c2nc(C)cc(Nc3ccn[nH]3)n2)C1. The number of H-pyrrole nitrogens is 1. The maximum Gasteiger partial charge on any atom is 0.310 e. The van der Waals surface area contributed by atoms with Crippen molar-refractivity contribution in [3.8, 4) is 0 Å². The summed E-state index contributed by atoms with van der Waals surface area (Å²) in [4.78, 5) is 23.7. The maximum atomic E-state index is 12.4. The number of anilines is 3. The van der Waals surface area contributed by atoms with Gasteiger partial charge in [0.15, 0.2) is 0 Å². The zero-order valence-electron chi connectivity index (χ0n) is 16.5. The Morgan fingerprint density at radius 1 is 1.21 bits per heavy atom. The van der Waals surface area contributed by atoms with Gasteiger partial charge in [-0.1, -0.05) is 30.3 Å². The zero-order chi connectivity index (χ0) is 20.2. The molecule has 3 aromatic rings. The van der Waals surface area contributed by atoms with Crippen molar-refractivity contribution in [1.29, 1.82) is 0 Å². The monoisotopic (exact) mass is 392 g/mol. The molecule has 0 aliphatic carbocycles. The predicted molar refractivity (Wildman–Crippen MR) is 110 cm³/mol. The van der Waals surface area contributed by atoms with Gasteiger partial charge in [0.05, 0.1) is 19.2 Å². The fourth-order valence-electron chi connectivity index (χ4n) is 3.79. The van der Waals surface area contributed by atoms with Crippen LogP contribution in [0.25, 0.3) is 0 Å². The Kier molecular flexibility index (Phi) is 5.41. The number of rotatable bonds is 5. The van der Waals surface area contributed by atoms with Gasteiger partial charge in [-0.25, -0.2) is 4.98 Å². The van der Waals surface area contributed by atoms with Gasteiger partial charge in [0, 0.05) is 36.8 Å².